The van der Waals surface area contributed by atoms with Gasteiger partial charge in [-0.15, -0.1) is 0 Å². The fourth-order valence-corrected chi connectivity index (χ4v) is 11.7. The van der Waals surface area contributed by atoms with Gasteiger partial charge in [0.25, 0.3) is 0 Å². The second-order valence-corrected chi connectivity index (χ2v) is 31.5. The Hall–Kier alpha value is -2.65. The van der Waals surface area contributed by atoms with Gasteiger partial charge in [0.15, 0.2) is 0 Å². The summed E-state index contributed by atoms with van der Waals surface area (Å²) in [5.74, 6) is -0.101. The van der Waals surface area contributed by atoms with Crippen molar-refractivity contribution in [3.63, 3.8) is 0 Å². The van der Waals surface area contributed by atoms with Crippen molar-refractivity contribution in [3.05, 3.63) is 0 Å². The fourth-order valence-electron chi connectivity index (χ4n) is 11.7. The van der Waals surface area contributed by atoms with Gasteiger partial charge in [-0.2, -0.15) is 0 Å². The Morgan fingerprint density at radius 3 is 0.521 bits per heavy atom. The van der Waals surface area contributed by atoms with Crippen LogP contribution in [0, 0.1) is 27.1 Å². The maximum absolute atomic E-state index is 12.4. The van der Waals surface area contributed by atoms with E-state index < -0.39 is 0 Å². The van der Waals surface area contributed by atoms with Crippen LogP contribution in [0.1, 0.15) is 461 Å². The Kier molecular flexibility index (Phi) is 58.8. The van der Waals surface area contributed by atoms with Gasteiger partial charge in [0, 0.05) is 0 Å². The first-order valence-electron chi connectivity index (χ1n) is 36.3. The van der Waals surface area contributed by atoms with Crippen LogP contribution in [0.25, 0.3) is 0 Å². The Morgan fingerprint density at radius 1 is 0.234 bits per heavy atom. The van der Waals surface area contributed by atoms with Crippen molar-refractivity contribution in [3.8, 4) is 0 Å². The average molecular weight is 1340 g/mol. The molecule has 5 aliphatic rings. The van der Waals surface area contributed by atoms with E-state index in [1.165, 1.54) is 154 Å². The van der Waals surface area contributed by atoms with E-state index in [0.717, 1.165) is 109 Å². The topological polar surface area (TPSA) is 132 Å². The van der Waals surface area contributed by atoms with E-state index in [9.17, 15) is 24.0 Å². The predicted octanol–water partition coefficient (Wildman–Crippen LogP) is 27.8. The lowest BCUT2D eigenvalue weighted by Crippen LogP contribution is -2.39. The lowest BCUT2D eigenvalue weighted by molar-refractivity contribution is -0.173. The lowest BCUT2D eigenvalue weighted by atomic mass is 9.87. The second-order valence-electron chi connectivity index (χ2n) is 31.5. The highest BCUT2D eigenvalue weighted by Crippen LogP contribution is 2.41. The van der Waals surface area contributed by atoms with Crippen LogP contribution < -0.4 is 0 Å². The van der Waals surface area contributed by atoms with Crippen LogP contribution in [-0.2, 0) is 47.7 Å². The third kappa shape index (κ3) is 39.8. The molecular weight excluding hydrogens is 1170 g/mol. The van der Waals surface area contributed by atoms with Gasteiger partial charge in [-0.25, -0.2) is 0 Å². The van der Waals surface area contributed by atoms with Crippen LogP contribution in [0.4, 0.5) is 0 Å². The van der Waals surface area contributed by atoms with E-state index in [-0.39, 0.29) is 144 Å². The van der Waals surface area contributed by atoms with Gasteiger partial charge in [0.1, 0.15) is 28.0 Å². The Balaban J connectivity index is -0.000000161. The SMILES string of the molecule is C.C.C.C.C.C.C.C.CCC(C)(C)C(=O)OC1(C)CCCC1.CCC(C)(C)C(=O)OC1(C)CCCCCCCCC1.CCC(C)(C)C(=O)OC1(C)CCCCCCCCCCC1.CCC1(OC(=O)C(C)(C)CC)CCCC1.CCC1(OC(=O)C(C)(C)CC)CCCCCC1. The molecule has 0 amide bonds. The Bertz CT molecular complexity index is 1880. The van der Waals surface area contributed by atoms with Crippen molar-refractivity contribution in [2.45, 2.75) is 489 Å². The first-order valence-corrected chi connectivity index (χ1v) is 36.3. The molecule has 0 bridgehead atoms. The van der Waals surface area contributed by atoms with Gasteiger partial charge in [-0.1, -0.05) is 198 Å². The number of esters is 5. The fraction of sp³-hybridized carbons (Fsp3) is 0.940. The number of carbonyl (C=O) groups is 5. The van der Waals surface area contributed by atoms with Crippen LogP contribution in [-0.4, -0.2) is 57.9 Å². The molecule has 0 aromatic rings. The van der Waals surface area contributed by atoms with Crippen molar-refractivity contribution in [1.29, 1.82) is 0 Å². The van der Waals surface area contributed by atoms with Gasteiger partial charge in [0.05, 0.1) is 27.1 Å². The van der Waals surface area contributed by atoms with Crippen molar-refractivity contribution in [2.24, 2.45) is 27.1 Å². The summed E-state index contributed by atoms with van der Waals surface area (Å²) in [5.41, 5.74) is -2.66. The molecule has 10 nitrogen and oxygen atoms in total. The number of hydrogen-bond donors (Lipinski definition) is 0. The van der Waals surface area contributed by atoms with Crippen LogP contribution in [0.15, 0.2) is 0 Å². The minimum Gasteiger partial charge on any atom is -0.459 e. The maximum atomic E-state index is 12.4. The molecule has 0 spiro atoms. The molecule has 5 fully saturated rings. The van der Waals surface area contributed by atoms with E-state index in [4.69, 9.17) is 23.7 Å². The first-order chi connectivity index (χ1) is 40.1. The molecule has 5 aliphatic carbocycles. The van der Waals surface area contributed by atoms with Crippen molar-refractivity contribution >= 4 is 29.8 Å². The van der Waals surface area contributed by atoms with E-state index >= 15 is 0 Å². The number of carbonyl (C=O) groups excluding carboxylic acids is 5. The zero-order valence-corrected chi connectivity index (χ0v) is 60.6. The molecule has 5 saturated carbocycles. The van der Waals surface area contributed by atoms with E-state index in [1.54, 1.807) is 0 Å². The Morgan fingerprint density at radius 2 is 0.362 bits per heavy atom. The van der Waals surface area contributed by atoms with Crippen molar-refractivity contribution < 1.29 is 47.7 Å². The van der Waals surface area contributed by atoms with Gasteiger partial charge in [-0.3, -0.25) is 24.0 Å². The first kappa shape index (κ1) is 107. The summed E-state index contributed by atoms with van der Waals surface area (Å²) >= 11 is 0. The van der Waals surface area contributed by atoms with Gasteiger partial charge >= 0.3 is 29.8 Å². The molecule has 5 rings (SSSR count). The van der Waals surface area contributed by atoms with Crippen molar-refractivity contribution in [1.82, 2.24) is 0 Å². The monoisotopic (exact) mass is 1340 g/mol. The molecule has 0 radical (unpaired) electrons. The van der Waals surface area contributed by atoms with Gasteiger partial charge < -0.3 is 23.7 Å². The number of rotatable bonds is 17. The van der Waals surface area contributed by atoms with Crippen molar-refractivity contribution in [2.75, 3.05) is 0 Å². The molecular formula is C84H174O10. The molecule has 0 aromatic carbocycles. The zero-order chi connectivity index (χ0) is 65.4. The summed E-state index contributed by atoms with van der Waals surface area (Å²) in [5, 5.41) is 0. The highest BCUT2D eigenvalue weighted by molar-refractivity contribution is 5.78. The Labute approximate surface area is 590 Å². The molecule has 0 atom stereocenters. The lowest BCUT2D eigenvalue weighted by Gasteiger charge is -2.35. The molecule has 570 valence electrons. The third-order valence-corrected chi connectivity index (χ3v) is 21.6. The van der Waals surface area contributed by atoms with Crippen LogP contribution >= 0.6 is 0 Å². The largest absolute Gasteiger partial charge is 0.459 e. The van der Waals surface area contributed by atoms with Crippen LogP contribution in [0.3, 0.4) is 0 Å². The van der Waals surface area contributed by atoms with E-state index in [1.807, 2.05) is 90.0 Å². The molecule has 0 unspecified atom stereocenters. The standard InChI is InChI=1S/C19H36O2.C17H32O2.C15H28O2.C13H24O2.C12H22O2.8CH4/c1-5-18(2,3)17(20)21-19(4)15-13-11-9-7-6-8-10-12-14-16-19;1-5-16(2,3)15(18)19-17(4)13-11-9-7-6-8-10-12-14-17;1-5-14(3,4)13(16)17-15(6-2)11-9-7-8-10-12-15;1-5-12(3,4)11(14)15-13(6-2)9-7-8-10-13;1-5-11(2,3)10(13)14-12(4)8-6-7-9-12;;;;;;;;/h5-16H2,1-4H3;5-14H2,1-4H3;5-12H2,1-4H3;5-10H2,1-4H3;5-9H2,1-4H3;8*1H4. The highest BCUT2D eigenvalue weighted by Gasteiger charge is 2.42. The minimum atomic E-state index is -0.354. The molecule has 0 N–H and O–H groups in total. The molecule has 0 saturated heterocycles. The smallest absolute Gasteiger partial charge is 0.312 e. The average Bonchev–Trinajstić information content (AvgIpc) is 1.44. The normalized spacial score (nSPS) is 19.4. The van der Waals surface area contributed by atoms with Crippen LogP contribution in [0.2, 0.25) is 0 Å². The summed E-state index contributed by atoms with van der Waals surface area (Å²) in [4.78, 5) is 60.8. The number of ether oxygens (including phenoxy) is 5. The summed E-state index contributed by atoms with van der Waals surface area (Å²) in [6.45, 7) is 40.6. The second kappa shape index (κ2) is 51.5. The summed E-state index contributed by atoms with van der Waals surface area (Å²) < 4.78 is 29.2. The van der Waals surface area contributed by atoms with Crippen LogP contribution in [0.5, 0.6) is 0 Å². The predicted molar refractivity (Wildman–Crippen MR) is 413 cm³/mol. The molecule has 10 heteroatoms. The quantitative estimate of drug-likeness (QED) is 0.0788. The minimum absolute atomic E-state index is 0. The van der Waals surface area contributed by atoms with E-state index in [0.29, 0.717) is 0 Å². The summed E-state index contributed by atoms with van der Waals surface area (Å²) in [7, 11) is 0. The van der Waals surface area contributed by atoms with E-state index in [2.05, 4.69) is 48.5 Å². The third-order valence-electron chi connectivity index (χ3n) is 21.6. The molecule has 0 aliphatic heterocycles. The molecule has 0 heterocycles. The summed E-state index contributed by atoms with van der Waals surface area (Å²) in [6.07, 6.45) is 47.0. The van der Waals surface area contributed by atoms with Gasteiger partial charge in [0.2, 0.25) is 0 Å². The maximum Gasteiger partial charge on any atom is 0.312 e. The summed E-state index contributed by atoms with van der Waals surface area (Å²) in [6, 6.07) is 0. The zero-order valence-electron chi connectivity index (χ0n) is 60.6. The molecule has 94 heavy (non-hydrogen) atoms. The molecule has 0 aromatic heterocycles. The highest BCUT2D eigenvalue weighted by atomic mass is 16.6. The van der Waals surface area contributed by atoms with Gasteiger partial charge in [-0.05, 0) is 263 Å². The number of hydrogen-bond acceptors (Lipinski definition) is 10.